The van der Waals surface area contributed by atoms with E-state index in [9.17, 15) is 40.0 Å². The summed E-state index contributed by atoms with van der Waals surface area (Å²) < 4.78 is 99.1. The molecule has 3 aliphatic carbocycles. The first kappa shape index (κ1) is 29.1. The minimum atomic E-state index is -5.95. The summed E-state index contributed by atoms with van der Waals surface area (Å²) in [5.41, 5.74) is -0.845. The molecule has 0 aromatic carbocycles. The third-order valence-corrected chi connectivity index (χ3v) is 10.5. The highest BCUT2D eigenvalue weighted by Gasteiger charge is 2.63. The number of fused-ring (bicyclic) bond motifs is 1. The van der Waals surface area contributed by atoms with E-state index in [4.69, 9.17) is 13.7 Å². The Morgan fingerprint density at radius 3 is 2.24 bits per heavy atom. The lowest BCUT2D eigenvalue weighted by Crippen LogP contribution is -2.48. The number of nitrogens with one attached hydrogen (secondary N) is 1. The van der Waals surface area contributed by atoms with Crippen LogP contribution in [-0.4, -0.2) is 64.4 Å². The molecular formula is C22H31F2NO11S2. The Labute approximate surface area is 219 Å². The topological polar surface area (TPSA) is 168 Å². The van der Waals surface area contributed by atoms with Gasteiger partial charge < -0.3 is 14.2 Å². The molecule has 16 heteroatoms. The quantitative estimate of drug-likeness (QED) is 0.306. The van der Waals surface area contributed by atoms with E-state index < -0.39 is 85.7 Å². The summed E-state index contributed by atoms with van der Waals surface area (Å²) in [4.78, 5) is 36.9. The molecule has 4 rings (SSSR count). The summed E-state index contributed by atoms with van der Waals surface area (Å²) in [5, 5.41) is -4.85. The molecule has 0 spiro atoms. The van der Waals surface area contributed by atoms with Crippen molar-refractivity contribution in [3.05, 3.63) is 0 Å². The van der Waals surface area contributed by atoms with Gasteiger partial charge in [-0.3, -0.25) is 14.4 Å². The van der Waals surface area contributed by atoms with E-state index in [1.54, 1.807) is 20.8 Å². The Morgan fingerprint density at radius 2 is 1.63 bits per heavy atom. The second kappa shape index (κ2) is 9.93. The highest BCUT2D eigenvalue weighted by atomic mass is 32.3. The van der Waals surface area contributed by atoms with E-state index in [2.05, 4.69) is 4.74 Å². The van der Waals surface area contributed by atoms with Gasteiger partial charge in [-0.05, 0) is 52.4 Å². The number of sulfonamides is 1. The van der Waals surface area contributed by atoms with Gasteiger partial charge in [0.25, 0.3) is 10.0 Å². The van der Waals surface area contributed by atoms with Gasteiger partial charge >= 0.3 is 33.5 Å². The second-order valence-electron chi connectivity index (χ2n) is 11.3. The molecular weight excluding hydrogens is 556 g/mol. The number of hydrogen-bond acceptors (Lipinski definition) is 11. The molecule has 7 atom stereocenters. The highest BCUT2D eigenvalue weighted by molar-refractivity contribution is 8.03. The Hall–Kier alpha value is -1.91. The predicted octanol–water partition coefficient (Wildman–Crippen LogP) is 1.40. The monoisotopic (exact) mass is 587 g/mol. The van der Waals surface area contributed by atoms with Crippen molar-refractivity contribution in [3.63, 3.8) is 0 Å². The summed E-state index contributed by atoms with van der Waals surface area (Å²) in [6, 6.07) is 0. The molecule has 0 radical (unpaired) electrons. The average molecular weight is 588 g/mol. The molecule has 1 heterocycles. The Kier molecular flexibility index (Phi) is 7.60. The van der Waals surface area contributed by atoms with Crippen molar-refractivity contribution in [1.29, 1.82) is 0 Å². The number of ether oxygens (including phenoxy) is 3. The first-order valence-electron chi connectivity index (χ1n) is 12.3. The van der Waals surface area contributed by atoms with E-state index in [1.807, 2.05) is 0 Å². The van der Waals surface area contributed by atoms with Gasteiger partial charge in [0.1, 0.15) is 17.8 Å². The fourth-order valence-electron chi connectivity index (χ4n) is 5.81. The number of carbonyl (C=O) groups is 3. The third-order valence-electron chi connectivity index (χ3n) is 7.42. The zero-order valence-corrected chi connectivity index (χ0v) is 22.7. The van der Waals surface area contributed by atoms with E-state index in [-0.39, 0.29) is 24.7 Å². The summed E-state index contributed by atoms with van der Waals surface area (Å²) >= 11 is 0. The lowest BCUT2D eigenvalue weighted by molar-refractivity contribution is -0.172. The number of hydrogen-bond donors (Lipinski definition) is 1. The van der Waals surface area contributed by atoms with Gasteiger partial charge in [-0.2, -0.15) is 17.2 Å². The summed E-state index contributed by atoms with van der Waals surface area (Å²) in [5.74, 6) is -5.51. The van der Waals surface area contributed by atoms with Crippen LogP contribution >= 0.6 is 0 Å². The van der Waals surface area contributed by atoms with Crippen molar-refractivity contribution in [1.82, 2.24) is 4.13 Å². The standard InChI is InChI=1S/C22H31F2NO11S2/c1-21(2,3)35-20(28)13-7-5-4-6-12(13)18(26)33-10-22(23,24)37(29,30)25-38(31,32)36-16-11-8-14-15(9-11)19(27)34-17(14)16/h11-17,25H,4-10H2,1-3H3. The molecule has 3 saturated carbocycles. The molecule has 4 fully saturated rings. The molecule has 4 aliphatic rings. The fraction of sp³-hybridized carbons (Fsp3) is 0.864. The van der Waals surface area contributed by atoms with Crippen molar-refractivity contribution in [3.8, 4) is 0 Å². The molecule has 38 heavy (non-hydrogen) atoms. The van der Waals surface area contributed by atoms with E-state index in [0.29, 0.717) is 25.7 Å². The van der Waals surface area contributed by atoms with E-state index >= 15 is 0 Å². The Bertz CT molecular complexity index is 1200. The smallest absolute Gasteiger partial charge is 0.393 e. The normalized spacial score (nSPS) is 33.2. The number of halogens is 2. The molecule has 216 valence electrons. The average Bonchev–Trinajstić information content (AvgIpc) is 3.41. The largest absolute Gasteiger partial charge is 0.460 e. The van der Waals surface area contributed by atoms with Crippen molar-refractivity contribution < 1.29 is 58.4 Å². The van der Waals surface area contributed by atoms with Crippen LogP contribution in [0.1, 0.15) is 59.3 Å². The van der Waals surface area contributed by atoms with Crippen molar-refractivity contribution in [2.75, 3.05) is 6.61 Å². The van der Waals surface area contributed by atoms with Gasteiger partial charge in [-0.25, -0.2) is 12.6 Å². The van der Waals surface area contributed by atoms with Crippen LogP contribution in [0.25, 0.3) is 0 Å². The van der Waals surface area contributed by atoms with Crippen molar-refractivity contribution >= 4 is 38.2 Å². The number of rotatable bonds is 9. The molecule has 12 nitrogen and oxygen atoms in total. The summed E-state index contributed by atoms with van der Waals surface area (Å²) in [7, 11) is -11.2. The van der Waals surface area contributed by atoms with Crippen molar-refractivity contribution in [2.24, 2.45) is 29.6 Å². The maximum atomic E-state index is 14.6. The van der Waals surface area contributed by atoms with Gasteiger partial charge in [0.2, 0.25) is 0 Å². The van der Waals surface area contributed by atoms with Gasteiger partial charge in [-0.15, -0.1) is 0 Å². The Morgan fingerprint density at radius 1 is 1.03 bits per heavy atom. The first-order chi connectivity index (χ1) is 17.4. The fourth-order valence-corrected chi connectivity index (χ4v) is 8.30. The van der Waals surface area contributed by atoms with Crippen LogP contribution in [0.2, 0.25) is 0 Å². The minimum Gasteiger partial charge on any atom is -0.460 e. The summed E-state index contributed by atoms with van der Waals surface area (Å²) in [6.07, 6.45) is 0.168. The van der Waals surface area contributed by atoms with Crippen LogP contribution in [0.4, 0.5) is 8.78 Å². The van der Waals surface area contributed by atoms with Gasteiger partial charge in [-0.1, -0.05) is 17.0 Å². The zero-order valence-electron chi connectivity index (χ0n) is 21.1. The molecule has 1 aliphatic heterocycles. The second-order valence-corrected chi connectivity index (χ2v) is 14.7. The third kappa shape index (κ3) is 5.82. The highest BCUT2D eigenvalue weighted by Crippen LogP contribution is 2.55. The molecule has 0 amide bonds. The lowest BCUT2D eigenvalue weighted by atomic mass is 9.79. The predicted molar refractivity (Wildman–Crippen MR) is 123 cm³/mol. The number of alkyl halides is 2. The van der Waals surface area contributed by atoms with Crippen LogP contribution in [0.3, 0.4) is 0 Å². The van der Waals surface area contributed by atoms with Gasteiger partial charge in [0.05, 0.1) is 17.8 Å². The van der Waals surface area contributed by atoms with Crippen LogP contribution < -0.4 is 4.13 Å². The summed E-state index contributed by atoms with van der Waals surface area (Å²) in [6.45, 7) is 2.91. The first-order valence-corrected chi connectivity index (χ1v) is 15.2. The molecule has 0 aromatic rings. The molecule has 0 aromatic heterocycles. The zero-order chi connectivity index (χ0) is 28.3. The number of carbonyl (C=O) groups excluding carboxylic acids is 3. The SMILES string of the molecule is CC(C)(C)OC(=O)C1CCCCC1C(=O)OCC(F)(F)S(=O)(=O)NS(=O)(=O)OC1C2CC3C(=O)OC1C3C2. The molecule has 1 saturated heterocycles. The van der Waals surface area contributed by atoms with Gasteiger partial charge in [0, 0.05) is 5.92 Å². The van der Waals surface area contributed by atoms with Crippen molar-refractivity contribution in [2.45, 2.75) is 82.4 Å². The maximum absolute atomic E-state index is 14.6. The lowest BCUT2D eigenvalue weighted by Gasteiger charge is -2.31. The van der Waals surface area contributed by atoms with Crippen LogP contribution in [-0.2, 0) is 53.1 Å². The molecule has 1 N–H and O–H groups in total. The van der Waals surface area contributed by atoms with E-state index in [0.717, 1.165) is 4.13 Å². The Balaban J connectivity index is 1.36. The molecule has 7 unspecified atom stereocenters. The maximum Gasteiger partial charge on any atom is 0.393 e. The van der Waals surface area contributed by atoms with E-state index in [1.165, 1.54) is 0 Å². The molecule has 2 bridgehead atoms. The van der Waals surface area contributed by atoms with Crippen LogP contribution in [0.15, 0.2) is 0 Å². The van der Waals surface area contributed by atoms with Gasteiger partial charge in [0.15, 0.2) is 6.61 Å². The van der Waals surface area contributed by atoms with Crippen LogP contribution in [0.5, 0.6) is 0 Å². The number of esters is 3. The van der Waals surface area contributed by atoms with Crippen LogP contribution in [0, 0.1) is 29.6 Å². The minimum absolute atomic E-state index is 0.150.